The minimum absolute atomic E-state index is 0.117. The van der Waals surface area contributed by atoms with Gasteiger partial charge in [0.2, 0.25) is 0 Å². The molecule has 0 unspecified atom stereocenters. The van der Waals surface area contributed by atoms with E-state index in [1.54, 1.807) is 6.07 Å². The van der Waals surface area contributed by atoms with Crippen LogP contribution >= 0.6 is 0 Å². The van der Waals surface area contributed by atoms with Crippen LogP contribution in [0.15, 0.2) is 54.6 Å². The zero-order valence-corrected chi connectivity index (χ0v) is 18.0. The number of carbonyl (C=O) groups excluding carboxylic acids is 3. The van der Waals surface area contributed by atoms with Crippen molar-refractivity contribution in [2.75, 3.05) is 17.3 Å². The molecule has 0 saturated carbocycles. The molecule has 0 fully saturated rings. The fourth-order valence-corrected chi connectivity index (χ4v) is 3.65. The number of rotatable bonds is 5. The smallest absolute Gasteiger partial charge is 0.273 e. The summed E-state index contributed by atoms with van der Waals surface area (Å²) in [5, 5.41) is 13.6. The van der Waals surface area contributed by atoms with Crippen molar-refractivity contribution in [1.29, 1.82) is 0 Å². The van der Waals surface area contributed by atoms with Crippen LogP contribution in [-0.4, -0.2) is 29.8 Å². The van der Waals surface area contributed by atoms with Crippen LogP contribution in [-0.2, 0) is 0 Å². The van der Waals surface area contributed by atoms with Crippen LogP contribution in [0.25, 0.3) is 0 Å². The molecule has 0 radical (unpaired) electrons. The number of imide groups is 1. The van der Waals surface area contributed by atoms with Gasteiger partial charge in [0.1, 0.15) is 5.75 Å². The van der Waals surface area contributed by atoms with E-state index in [-0.39, 0.29) is 33.8 Å². The predicted octanol–water partition coefficient (Wildman–Crippen LogP) is 4.27. The fraction of sp³-hybridized carbons (Fsp3) is 0.125. The van der Waals surface area contributed by atoms with Crippen molar-refractivity contribution in [2.45, 2.75) is 13.8 Å². The Labute approximate surface area is 188 Å². The average Bonchev–Trinajstić information content (AvgIpc) is 3.05. The number of non-ortho nitro benzene ring substituents is 1. The lowest BCUT2D eigenvalue weighted by Crippen LogP contribution is -2.30. The van der Waals surface area contributed by atoms with Crippen LogP contribution in [0.3, 0.4) is 0 Å². The monoisotopic (exact) mass is 445 g/mol. The lowest BCUT2D eigenvalue weighted by Gasteiger charge is -2.17. The number of nitrogens with zero attached hydrogens (tertiary/aromatic N) is 2. The first kappa shape index (κ1) is 21.7. The number of carbonyl (C=O) groups is 3. The van der Waals surface area contributed by atoms with Crippen molar-refractivity contribution >= 4 is 34.8 Å². The second-order valence-electron chi connectivity index (χ2n) is 7.59. The van der Waals surface area contributed by atoms with Gasteiger partial charge in [-0.2, -0.15) is 0 Å². The number of aryl methyl sites for hydroxylation is 2. The van der Waals surface area contributed by atoms with Gasteiger partial charge in [-0.1, -0.05) is 12.1 Å². The highest BCUT2D eigenvalue weighted by atomic mass is 16.6. The molecule has 1 aliphatic heterocycles. The molecule has 3 aromatic rings. The Morgan fingerprint density at radius 2 is 1.70 bits per heavy atom. The van der Waals surface area contributed by atoms with Gasteiger partial charge in [0.25, 0.3) is 23.4 Å². The number of amides is 3. The van der Waals surface area contributed by atoms with E-state index in [2.05, 4.69) is 5.32 Å². The van der Waals surface area contributed by atoms with Crippen molar-refractivity contribution in [3.63, 3.8) is 0 Å². The Kier molecular flexibility index (Phi) is 5.39. The maximum atomic E-state index is 13.1. The molecule has 1 heterocycles. The molecular weight excluding hydrogens is 426 g/mol. The summed E-state index contributed by atoms with van der Waals surface area (Å²) >= 11 is 0. The van der Waals surface area contributed by atoms with Gasteiger partial charge in [0, 0.05) is 11.6 Å². The van der Waals surface area contributed by atoms with Gasteiger partial charge in [-0.05, 0) is 55.3 Å². The number of hydrogen-bond acceptors (Lipinski definition) is 6. The molecule has 1 aliphatic rings. The van der Waals surface area contributed by atoms with Gasteiger partial charge < -0.3 is 10.1 Å². The Bertz CT molecular complexity index is 1350. The number of benzene rings is 3. The number of methoxy groups -OCH3 is 1. The first-order valence-corrected chi connectivity index (χ1v) is 9.95. The molecule has 3 aromatic carbocycles. The highest BCUT2D eigenvalue weighted by Crippen LogP contribution is 2.33. The van der Waals surface area contributed by atoms with Gasteiger partial charge in [-0.15, -0.1) is 0 Å². The van der Waals surface area contributed by atoms with Crippen LogP contribution in [0.4, 0.5) is 17.1 Å². The standard InChI is InChI=1S/C24H19N3O6/c1-13-4-5-14(2)20(10-13)26-23(29)17-8-6-15(11-18(17)24(26)30)22(28)25-19-9-7-16(27(31)32)12-21(19)33-3/h4-12H,1-3H3,(H,25,28). The summed E-state index contributed by atoms with van der Waals surface area (Å²) in [5.41, 5.74) is 2.73. The molecule has 1 N–H and O–H groups in total. The molecule has 0 atom stereocenters. The molecule has 0 aliphatic carbocycles. The number of anilines is 2. The number of fused-ring (bicyclic) bond motifs is 1. The van der Waals surface area contributed by atoms with Crippen molar-refractivity contribution in [3.05, 3.63) is 92.5 Å². The molecule has 166 valence electrons. The fourth-order valence-electron chi connectivity index (χ4n) is 3.65. The van der Waals surface area contributed by atoms with Gasteiger partial charge in [0.15, 0.2) is 0 Å². The van der Waals surface area contributed by atoms with E-state index in [9.17, 15) is 24.5 Å². The SMILES string of the molecule is COc1cc([N+](=O)[O-])ccc1NC(=O)c1ccc2c(c1)C(=O)N(c1cc(C)ccc1C)C2=O. The summed E-state index contributed by atoms with van der Waals surface area (Å²) < 4.78 is 5.14. The largest absolute Gasteiger partial charge is 0.494 e. The van der Waals surface area contributed by atoms with Crippen molar-refractivity contribution in [3.8, 4) is 5.75 Å². The zero-order chi connectivity index (χ0) is 23.9. The molecular formula is C24H19N3O6. The number of ether oxygens (including phenoxy) is 1. The summed E-state index contributed by atoms with van der Waals surface area (Å²) in [6.45, 7) is 3.69. The maximum Gasteiger partial charge on any atom is 0.273 e. The van der Waals surface area contributed by atoms with Crippen LogP contribution in [0, 0.1) is 24.0 Å². The van der Waals surface area contributed by atoms with Crippen molar-refractivity contribution in [2.24, 2.45) is 0 Å². The topological polar surface area (TPSA) is 119 Å². The first-order valence-electron chi connectivity index (χ1n) is 9.95. The van der Waals surface area contributed by atoms with Gasteiger partial charge in [0.05, 0.1) is 40.6 Å². The molecule has 0 saturated heterocycles. The molecule has 0 bridgehead atoms. The number of nitrogens with one attached hydrogen (secondary N) is 1. The normalized spacial score (nSPS) is 12.5. The van der Waals surface area contributed by atoms with E-state index in [0.29, 0.717) is 5.69 Å². The molecule has 0 spiro atoms. The quantitative estimate of drug-likeness (QED) is 0.356. The van der Waals surface area contributed by atoms with E-state index in [0.717, 1.165) is 16.0 Å². The zero-order valence-electron chi connectivity index (χ0n) is 18.0. The predicted molar refractivity (Wildman–Crippen MR) is 121 cm³/mol. The third kappa shape index (κ3) is 3.80. The molecule has 9 nitrogen and oxygen atoms in total. The van der Waals surface area contributed by atoms with Gasteiger partial charge >= 0.3 is 0 Å². The third-order valence-corrected chi connectivity index (χ3v) is 5.40. The molecule has 9 heteroatoms. The minimum Gasteiger partial charge on any atom is -0.494 e. The summed E-state index contributed by atoms with van der Waals surface area (Å²) in [5.74, 6) is -1.40. The second-order valence-corrected chi connectivity index (χ2v) is 7.59. The molecule has 4 rings (SSSR count). The van der Waals surface area contributed by atoms with Crippen LogP contribution in [0.5, 0.6) is 5.75 Å². The number of nitro groups is 1. The van der Waals surface area contributed by atoms with Gasteiger partial charge in [-0.3, -0.25) is 24.5 Å². The first-order chi connectivity index (χ1) is 15.7. The van der Waals surface area contributed by atoms with E-state index < -0.39 is 22.6 Å². The Morgan fingerprint density at radius 3 is 2.39 bits per heavy atom. The highest BCUT2D eigenvalue weighted by molar-refractivity contribution is 6.35. The Hall–Kier alpha value is -4.53. The van der Waals surface area contributed by atoms with E-state index in [1.165, 1.54) is 43.5 Å². The molecule has 33 heavy (non-hydrogen) atoms. The lowest BCUT2D eigenvalue weighted by molar-refractivity contribution is -0.384. The Balaban J connectivity index is 1.64. The van der Waals surface area contributed by atoms with E-state index in [4.69, 9.17) is 4.74 Å². The lowest BCUT2D eigenvalue weighted by atomic mass is 10.1. The summed E-state index contributed by atoms with van der Waals surface area (Å²) in [4.78, 5) is 50.4. The Morgan fingerprint density at radius 1 is 0.970 bits per heavy atom. The van der Waals surface area contributed by atoms with Crippen LogP contribution < -0.4 is 15.0 Å². The third-order valence-electron chi connectivity index (χ3n) is 5.40. The summed E-state index contributed by atoms with van der Waals surface area (Å²) in [6, 6.07) is 13.6. The average molecular weight is 445 g/mol. The molecule has 0 aromatic heterocycles. The highest BCUT2D eigenvalue weighted by Gasteiger charge is 2.37. The van der Waals surface area contributed by atoms with Crippen molar-refractivity contribution < 1.29 is 24.0 Å². The number of hydrogen-bond donors (Lipinski definition) is 1. The van der Waals surface area contributed by atoms with Crippen LogP contribution in [0.2, 0.25) is 0 Å². The van der Waals surface area contributed by atoms with Gasteiger partial charge in [-0.25, -0.2) is 4.90 Å². The van der Waals surface area contributed by atoms with E-state index in [1.807, 2.05) is 26.0 Å². The van der Waals surface area contributed by atoms with E-state index >= 15 is 0 Å². The minimum atomic E-state index is -0.570. The number of nitro benzene ring substituents is 1. The van der Waals surface area contributed by atoms with Crippen molar-refractivity contribution in [1.82, 2.24) is 0 Å². The molecule has 3 amide bonds. The van der Waals surface area contributed by atoms with Crippen LogP contribution in [0.1, 0.15) is 42.2 Å². The summed E-state index contributed by atoms with van der Waals surface area (Å²) in [6.07, 6.45) is 0. The summed E-state index contributed by atoms with van der Waals surface area (Å²) in [7, 11) is 1.33. The maximum absolute atomic E-state index is 13.1. The second kappa shape index (κ2) is 8.19.